The number of hydrogen-bond acceptors (Lipinski definition) is 2. The molecule has 0 aliphatic carbocycles. The maximum atomic E-state index is 9.51. The van der Waals surface area contributed by atoms with Crippen molar-refractivity contribution >= 4 is 11.6 Å². The molecule has 2 aromatic carbocycles. The van der Waals surface area contributed by atoms with Gasteiger partial charge in [-0.2, -0.15) is 0 Å². The molecule has 0 radical (unpaired) electrons. The van der Waals surface area contributed by atoms with E-state index in [0.717, 1.165) is 16.9 Å². The van der Waals surface area contributed by atoms with Crippen molar-refractivity contribution in [1.82, 2.24) is 0 Å². The molecule has 2 aromatic rings. The number of benzene rings is 2. The van der Waals surface area contributed by atoms with E-state index in [2.05, 4.69) is 0 Å². The number of aliphatic hydroxyl groups is 1. The molecule has 2 nitrogen and oxygen atoms in total. The monoisotopic (exact) mass is 276 g/mol. The maximum Gasteiger partial charge on any atom is 0.146 e. The predicted octanol–water partition coefficient (Wildman–Crippen LogP) is 4.80. The largest absolute Gasteiger partial charge is 0.456 e. The summed E-state index contributed by atoms with van der Waals surface area (Å²) in [7, 11) is 0. The topological polar surface area (TPSA) is 29.5 Å². The van der Waals surface area contributed by atoms with Gasteiger partial charge in [-0.25, -0.2) is 0 Å². The van der Waals surface area contributed by atoms with E-state index >= 15 is 0 Å². The Morgan fingerprint density at radius 1 is 1.11 bits per heavy atom. The van der Waals surface area contributed by atoms with Crippen LogP contribution in [0.25, 0.3) is 0 Å². The summed E-state index contributed by atoms with van der Waals surface area (Å²) in [5, 5.41) is 10.0. The summed E-state index contributed by atoms with van der Waals surface area (Å²) in [5.41, 5.74) is 3.05. The summed E-state index contributed by atoms with van der Waals surface area (Å²) in [6.07, 6.45) is -0.535. The summed E-state index contributed by atoms with van der Waals surface area (Å²) < 4.78 is 5.84. The predicted molar refractivity (Wildman–Crippen MR) is 78.1 cm³/mol. The van der Waals surface area contributed by atoms with Gasteiger partial charge in [0, 0.05) is 0 Å². The first-order valence-corrected chi connectivity index (χ1v) is 6.58. The second kappa shape index (κ2) is 5.64. The molecule has 0 aliphatic heterocycles. The van der Waals surface area contributed by atoms with Crippen LogP contribution in [0.15, 0.2) is 36.4 Å². The zero-order chi connectivity index (χ0) is 14.0. The molecule has 3 heteroatoms. The van der Waals surface area contributed by atoms with Crippen LogP contribution in [0.2, 0.25) is 5.02 Å². The van der Waals surface area contributed by atoms with Crippen molar-refractivity contribution in [2.45, 2.75) is 26.9 Å². The number of aliphatic hydroxyl groups excluding tert-OH is 1. The van der Waals surface area contributed by atoms with Crippen LogP contribution < -0.4 is 4.74 Å². The lowest BCUT2D eigenvalue weighted by molar-refractivity contribution is 0.199. The van der Waals surface area contributed by atoms with Crippen molar-refractivity contribution in [1.29, 1.82) is 0 Å². The molecule has 0 saturated heterocycles. The van der Waals surface area contributed by atoms with Crippen molar-refractivity contribution in [3.63, 3.8) is 0 Å². The molecule has 0 unspecified atom stereocenters. The summed E-state index contributed by atoms with van der Waals surface area (Å²) in [5.74, 6) is 1.39. The lowest BCUT2D eigenvalue weighted by Gasteiger charge is -2.13. The summed E-state index contributed by atoms with van der Waals surface area (Å²) in [6, 6.07) is 11.2. The van der Waals surface area contributed by atoms with Gasteiger partial charge >= 0.3 is 0 Å². The highest BCUT2D eigenvalue weighted by molar-refractivity contribution is 6.32. The normalized spacial score (nSPS) is 12.3. The van der Waals surface area contributed by atoms with Gasteiger partial charge < -0.3 is 9.84 Å². The number of hydrogen-bond donors (Lipinski definition) is 1. The van der Waals surface area contributed by atoms with Crippen molar-refractivity contribution in [3.8, 4) is 11.5 Å². The van der Waals surface area contributed by atoms with E-state index < -0.39 is 6.10 Å². The first-order valence-electron chi connectivity index (χ1n) is 6.20. The lowest BCUT2D eigenvalue weighted by Crippen LogP contribution is -1.94. The summed E-state index contributed by atoms with van der Waals surface area (Å²) in [6.45, 7) is 5.76. The molecule has 100 valence electrons. The minimum Gasteiger partial charge on any atom is -0.456 e. The van der Waals surface area contributed by atoms with Crippen LogP contribution in [0.1, 0.15) is 29.7 Å². The Balaban J connectivity index is 2.31. The van der Waals surface area contributed by atoms with Crippen LogP contribution in [0, 0.1) is 13.8 Å². The fraction of sp³-hybridized carbons (Fsp3) is 0.250. The van der Waals surface area contributed by atoms with Crippen molar-refractivity contribution in [2.75, 3.05) is 0 Å². The molecular weight excluding hydrogens is 260 g/mol. The van der Waals surface area contributed by atoms with Crippen LogP contribution in [0.5, 0.6) is 11.5 Å². The van der Waals surface area contributed by atoms with Crippen molar-refractivity contribution < 1.29 is 9.84 Å². The highest BCUT2D eigenvalue weighted by Gasteiger charge is 2.09. The number of rotatable bonds is 3. The quantitative estimate of drug-likeness (QED) is 0.872. The fourth-order valence-electron chi connectivity index (χ4n) is 1.81. The Kier molecular flexibility index (Phi) is 4.13. The zero-order valence-electron chi connectivity index (χ0n) is 11.3. The lowest BCUT2D eigenvalue weighted by atomic mass is 10.1. The van der Waals surface area contributed by atoms with Crippen LogP contribution in [0.4, 0.5) is 0 Å². The average Bonchev–Trinajstić information content (AvgIpc) is 2.37. The molecule has 1 N–H and O–H groups in total. The van der Waals surface area contributed by atoms with Crippen LogP contribution in [0.3, 0.4) is 0 Å². The smallest absolute Gasteiger partial charge is 0.146 e. The Bertz CT molecular complexity index is 591. The van der Waals surface area contributed by atoms with Gasteiger partial charge in [-0.15, -0.1) is 0 Å². The Morgan fingerprint density at radius 3 is 2.47 bits per heavy atom. The minimum atomic E-state index is -0.535. The Hall–Kier alpha value is -1.51. The third-order valence-electron chi connectivity index (χ3n) is 3.21. The van der Waals surface area contributed by atoms with E-state index in [1.807, 2.05) is 38.1 Å². The molecule has 0 aliphatic rings. The van der Waals surface area contributed by atoms with Gasteiger partial charge in [0.25, 0.3) is 0 Å². The molecule has 2 rings (SSSR count). The van der Waals surface area contributed by atoms with E-state index in [1.54, 1.807) is 19.1 Å². The highest BCUT2D eigenvalue weighted by atomic mass is 35.5. The van der Waals surface area contributed by atoms with E-state index in [-0.39, 0.29) is 0 Å². The fourth-order valence-corrected chi connectivity index (χ4v) is 2.04. The van der Waals surface area contributed by atoms with E-state index in [9.17, 15) is 5.11 Å². The first kappa shape index (κ1) is 13.9. The second-order valence-electron chi connectivity index (χ2n) is 4.67. The number of ether oxygens (including phenoxy) is 1. The van der Waals surface area contributed by atoms with Gasteiger partial charge in [0.2, 0.25) is 0 Å². The van der Waals surface area contributed by atoms with E-state index in [4.69, 9.17) is 16.3 Å². The molecule has 0 bridgehead atoms. The van der Waals surface area contributed by atoms with Gasteiger partial charge in [0.05, 0.1) is 11.1 Å². The maximum absolute atomic E-state index is 9.51. The molecule has 0 spiro atoms. The van der Waals surface area contributed by atoms with Crippen molar-refractivity contribution in [3.05, 3.63) is 58.1 Å². The van der Waals surface area contributed by atoms with Gasteiger partial charge in [0.1, 0.15) is 11.5 Å². The van der Waals surface area contributed by atoms with Crippen LogP contribution >= 0.6 is 11.6 Å². The minimum absolute atomic E-state index is 0.499. The van der Waals surface area contributed by atoms with Gasteiger partial charge in [-0.05, 0) is 55.7 Å². The first-order chi connectivity index (χ1) is 8.99. The summed E-state index contributed by atoms with van der Waals surface area (Å²) in [4.78, 5) is 0. The Morgan fingerprint density at radius 2 is 1.84 bits per heavy atom. The standard InChI is InChI=1S/C16H17ClO2/c1-10-5-4-6-15(11(10)2)19-16-8-7-13(12(3)18)9-14(16)17/h4-9,12,18H,1-3H3/t12-/m1/s1. The van der Waals surface area contributed by atoms with E-state index in [1.165, 1.54) is 5.56 Å². The molecule has 0 heterocycles. The number of aryl methyl sites for hydroxylation is 1. The Labute approximate surface area is 118 Å². The third-order valence-corrected chi connectivity index (χ3v) is 3.51. The number of halogens is 1. The van der Waals surface area contributed by atoms with Gasteiger partial charge in [-0.3, -0.25) is 0 Å². The molecular formula is C16H17ClO2. The van der Waals surface area contributed by atoms with Gasteiger partial charge in [0.15, 0.2) is 0 Å². The second-order valence-corrected chi connectivity index (χ2v) is 5.07. The van der Waals surface area contributed by atoms with E-state index in [0.29, 0.717) is 10.8 Å². The average molecular weight is 277 g/mol. The molecule has 0 aromatic heterocycles. The highest BCUT2D eigenvalue weighted by Crippen LogP contribution is 2.33. The molecule has 1 atom stereocenters. The van der Waals surface area contributed by atoms with Crippen LogP contribution in [-0.2, 0) is 0 Å². The van der Waals surface area contributed by atoms with Crippen molar-refractivity contribution in [2.24, 2.45) is 0 Å². The van der Waals surface area contributed by atoms with Gasteiger partial charge in [-0.1, -0.05) is 29.8 Å². The molecule has 19 heavy (non-hydrogen) atoms. The van der Waals surface area contributed by atoms with Crippen LogP contribution in [-0.4, -0.2) is 5.11 Å². The third kappa shape index (κ3) is 3.09. The SMILES string of the molecule is Cc1cccc(Oc2ccc([C@@H](C)O)cc2Cl)c1C. The molecule has 0 amide bonds. The molecule has 0 fully saturated rings. The summed E-state index contributed by atoms with van der Waals surface area (Å²) >= 11 is 6.18. The molecule has 0 saturated carbocycles. The zero-order valence-corrected chi connectivity index (χ0v) is 12.0.